The van der Waals surface area contributed by atoms with Crippen molar-refractivity contribution in [1.82, 2.24) is 4.98 Å². The lowest BCUT2D eigenvalue weighted by Gasteiger charge is -2.01. The summed E-state index contributed by atoms with van der Waals surface area (Å²) in [6, 6.07) is 8.58. The second-order valence-corrected chi connectivity index (χ2v) is 4.61. The number of aromatic nitrogens is 1. The van der Waals surface area contributed by atoms with Crippen molar-refractivity contribution in [2.24, 2.45) is 0 Å². The van der Waals surface area contributed by atoms with Gasteiger partial charge in [-0.1, -0.05) is 12.5 Å². The molecular formula is C16H17F2N. The fourth-order valence-corrected chi connectivity index (χ4v) is 2.14. The Kier molecular flexibility index (Phi) is 5.01. The highest BCUT2D eigenvalue weighted by Crippen LogP contribution is 2.17. The van der Waals surface area contributed by atoms with E-state index in [1.807, 2.05) is 12.3 Å². The van der Waals surface area contributed by atoms with Gasteiger partial charge in [0, 0.05) is 11.9 Å². The maximum Gasteiger partial charge on any atom is 0.123 e. The van der Waals surface area contributed by atoms with Crippen LogP contribution in [0.5, 0.6) is 0 Å². The molecule has 2 aromatic rings. The molecule has 0 aliphatic heterocycles. The first-order chi connectivity index (χ1) is 9.25. The van der Waals surface area contributed by atoms with Crippen molar-refractivity contribution < 1.29 is 8.78 Å². The Morgan fingerprint density at radius 1 is 0.789 bits per heavy atom. The molecule has 3 rings (SSSR count). The van der Waals surface area contributed by atoms with Gasteiger partial charge in [0.2, 0.25) is 0 Å². The quantitative estimate of drug-likeness (QED) is 0.644. The third kappa shape index (κ3) is 4.43. The van der Waals surface area contributed by atoms with E-state index in [1.165, 1.54) is 43.4 Å². The molecule has 1 aliphatic carbocycles. The van der Waals surface area contributed by atoms with Gasteiger partial charge < -0.3 is 0 Å². The fourth-order valence-electron chi connectivity index (χ4n) is 2.14. The molecule has 100 valence electrons. The Hall–Kier alpha value is -1.77. The molecule has 0 atom stereocenters. The van der Waals surface area contributed by atoms with Crippen LogP contribution in [0.3, 0.4) is 0 Å². The zero-order valence-corrected chi connectivity index (χ0v) is 10.8. The van der Waals surface area contributed by atoms with Crippen LogP contribution in [0.1, 0.15) is 30.5 Å². The molecule has 1 nitrogen and oxygen atoms in total. The van der Waals surface area contributed by atoms with Gasteiger partial charge in [0.05, 0.1) is 0 Å². The minimum Gasteiger partial charge on any atom is -0.261 e. The predicted molar refractivity (Wildman–Crippen MR) is 71.9 cm³/mol. The predicted octanol–water partition coefficient (Wildman–Crippen LogP) is 4.32. The molecule has 0 bridgehead atoms. The minimum absolute atomic E-state index is 0.411. The van der Waals surface area contributed by atoms with E-state index in [-0.39, 0.29) is 0 Å². The minimum atomic E-state index is -0.411. The normalized spacial score (nSPS) is 13.8. The molecule has 0 spiro atoms. The lowest BCUT2D eigenvalue weighted by molar-refractivity contribution is 0.600. The second kappa shape index (κ2) is 6.98. The Bertz CT molecular complexity index is 462. The lowest BCUT2D eigenvalue weighted by Crippen LogP contribution is -1.92. The number of nitrogens with zero attached hydrogens (tertiary/aromatic N) is 1. The third-order valence-electron chi connectivity index (χ3n) is 3.15. The average molecular weight is 261 g/mol. The summed E-state index contributed by atoms with van der Waals surface area (Å²) in [6.07, 6.45) is 8.38. The largest absolute Gasteiger partial charge is 0.261 e. The zero-order valence-electron chi connectivity index (χ0n) is 10.8. The molecule has 3 heteroatoms. The van der Waals surface area contributed by atoms with E-state index in [2.05, 4.69) is 11.1 Å². The summed E-state index contributed by atoms with van der Waals surface area (Å²) in [5.41, 5.74) is 2.81. The molecule has 1 aromatic carbocycles. The molecule has 1 heterocycles. The van der Waals surface area contributed by atoms with Crippen molar-refractivity contribution in [1.29, 1.82) is 0 Å². The van der Waals surface area contributed by atoms with Gasteiger partial charge in [-0.25, -0.2) is 8.78 Å². The maximum absolute atomic E-state index is 11.9. The van der Waals surface area contributed by atoms with Crippen molar-refractivity contribution >= 4 is 0 Å². The molecule has 0 saturated heterocycles. The van der Waals surface area contributed by atoms with Crippen molar-refractivity contribution in [3.63, 3.8) is 0 Å². The molecule has 0 amide bonds. The Morgan fingerprint density at radius 3 is 2.11 bits per heavy atom. The van der Waals surface area contributed by atoms with E-state index in [0.717, 1.165) is 24.3 Å². The molecule has 0 saturated carbocycles. The highest BCUT2D eigenvalue weighted by molar-refractivity contribution is 5.20. The van der Waals surface area contributed by atoms with Gasteiger partial charge >= 0.3 is 0 Å². The monoisotopic (exact) mass is 261 g/mol. The van der Waals surface area contributed by atoms with Crippen LogP contribution in [0.2, 0.25) is 0 Å². The molecule has 0 N–H and O–H groups in total. The Balaban J connectivity index is 0.000000148. The van der Waals surface area contributed by atoms with Gasteiger partial charge in [-0.2, -0.15) is 0 Å². The van der Waals surface area contributed by atoms with Gasteiger partial charge in [0.1, 0.15) is 11.6 Å². The molecule has 0 fully saturated rings. The second-order valence-electron chi connectivity index (χ2n) is 4.61. The summed E-state index contributed by atoms with van der Waals surface area (Å²) in [4.78, 5) is 4.38. The summed E-state index contributed by atoms with van der Waals surface area (Å²) >= 11 is 0. The highest BCUT2D eigenvalue weighted by atomic mass is 19.1. The van der Waals surface area contributed by atoms with E-state index < -0.39 is 11.6 Å². The number of rotatable bonds is 0. The molecule has 0 unspecified atom stereocenters. The number of hydrogen-bond acceptors (Lipinski definition) is 1. The smallest absolute Gasteiger partial charge is 0.123 e. The standard InChI is InChI=1S/C10H13N.C6H4F2/c1-2-5-9-6-4-8-11-10(9)7-3-1;7-5-1-2-6(8)4-3-5/h4,6,8H,1-3,5,7H2;1-4H. The lowest BCUT2D eigenvalue weighted by atomic mass is 10.1. The summed E-state index contributed by atoms with van der Waals surface area (Å²) in [7, 11) is 0. The molecule has 1 aromatic heterocycles. The summed E-state index contributed by atoms with van der Waals surface area (Å²) in [5, 5.41) is 0. The highest BCUT2D eigenvalue weighted by Gasteiger charge is 2.06. The van der Waals surface area contributed by atoms with Gasteiger partial charge in [0.15, 0.2) is 0 Å². The maximum atomic E-state index is 11.9. The van der Waals surface area contributed by atoms with Crippen LogP contribution >= 0.6 is 0 Å². The van der Waals surface area contributed by atoms with Gasteiger partial charge in [-0.3, -0.25) is 4.98 Å². The summed E-state index contributed by atoms with van der Waals surface area (Å²) in [6.45, 7) is 0. The van der Waals surface area contributed by atoms with Crippen LogP contribution in [0.4, 0.5) is 8.78 Å². The van der Waals surface area contributed by atoms with Crippen LogP contribution < -0.4 is 0 Å². The van der Waals surface area contributed by atoms with Crippen molar-refractivity contribution in [3.8, 4) is 0 Å². The van der Waals surface area contributed by atoms with E-state index in [0.29, 0.717) is 0 Å². The molecule has 19 heavy (non-hydrogen) atoms. The first kappa shape index (κ1) is 13.7. The summed E-state index contributed by atoms with van der Waals surface area (Å²) in [5.74, 6) is -0.821. The van der Waals surface area contributed by atoms with Crippen LogP contribution in [0, 0.1) is 11.6 Å². The third-order valence-corrected chi connectivity index (χ3v) is 3.15. The van der Waals surface area contributed by atoms with E-state index in [9.17, 15) is 8.78 Å². The Morgan fingerprint density at radius 2 is 1.42 bits per heavy atom. The van der Waals surface area contributed by atoms with Crippen LogP contribution in [-0.2, 0) is 12.8 Å². The SMILES string of the molecule is Fc1ccc(F)cc1.c1cnc2c(c1)CCCCC2. The first-order valence-corrected chi connectivity index (χ1v) is 6.59. The van der Waals surface area contributed by atoms with Crippen molar-refractivity contribution in [2.75, 3.05) is 0 Å². The number of fused-ring (bicyclic) bond motifs is 1. The van der Waals surface area contributed by atoms with Crippen molar-refractivity contribution in [2.45, 2.75) is 32.1 Å². The summed E-state index contributed by atoms with van der Waals surface area (Å²) < 4.78 is 23.8. The van der Waals surface area contributed by atoms with E-state index >= 15 is 0 Å². The molecular weight excluding hydrogens is 244 g/mol. The van der Waals surface area contributed by atoms with E-state index in [1.54, 1.807) is 0 Å². The van der Waals surface area contributed by atoms with Crippen LogP contribution in [0.15, 0.2) is 42.6 Å². The molecule has 1 aliphatic rings. The van der Waals surface area contributed by atoms with Crippen LogP contribution in [-0.4, -0.2) is 4.98 Å². The Labute approximate surface area is 112 Å². The average Bonchev–Trinajstić information content (AvgIpc) is 2.68. The number of benzene rings is 1. The van der Waals surface area contributed by atoms with Crippen molar-refractivity contribution in [3.05, 3.63) is 65.5 Å². The number of hydrogen-bond donors (Lipinski definition) is 0. The zero-order chi connectivity index (χ0) is 13.5. The van der Waals surface area contributed by atoms with Crippen LogP contribution in [0.25, 0.3) is 0 Å². The first-order valence-electron chi connectivity index (χ1n) is 6.59. The van der Waals surface area contributed by atoms with E-state index in [4.69, 9.17) is 0 Å². The number of pyridine rings is 1. The fraction of sp³-hybridized carbons (Fsp3) is 0.312. The molecule has 0 radical (unpaired) electrons. The van der Waals surface area contributed by atoms with Gasteiger partial charge in [-0.05, 0) is 61.6 Å². The number of halogens is 2. The number of aryl methyl sites for hydroxylation is 2. The topological polar surface area (TPSA) is 12.9 Å². The van der Waals surface area contributed by atoms with Gasteiger partial charge in [0.25, 0.3) is 0 Å². The van der Waals surface area contributed by atoms with Gasteiger partial charge in [-0.15, -0.1) is 0 Å².